The Hall–Kier alpha value is -3.21. The highest BCUT2D eigenvalue weighted by Crippen LogP contribution is 2.42. The quantitative estimate of drug-likeness (QED) is 0.397. The zero-order chi connectivity index (χ0) is 26.2. The molecular formula is C26H28F2N6O2S. The second kappa shape index (κ2) is 8.41. The van der Waals surface area contributed by atoms with Crippen molar-refractivity contribution in [3.63, 3.8) is 0 Å². The van der Waals surface area contributed by atoms with Gasteiger partial charge in [-0.1, -0.05) is 20.8 Å². The molecule has 4 aromatic heterocycles. The number of alkyl halides is 2. The van der Waals surface area contributed by atoms with E-state index >= 15 is 0 Å². The second-order valence-electron chi connectivity index (χ2n) is 11.2. The number of aromatic nitrogens is 5. The third-order valence-electron chi connectivity index (χ3n) is 7.67. The van der Waals surface area contributed by atoms with Crippen LogP contribution in [0, 0.1) is 18.3 Å². The topological polar surface area (TPSA) is 94.2 Å². The third kappa shape index (κ3) is 4.03. The Bertz CT molecular complexity index is 1630. The molecule has 1 atom stereocenters. The van der Waals surface area contributed by atoms with Crippen LogP contribution in [0.4, 0.5) is 8.78 Å². The number of nitrogens with one attached hydrogen (secondary N) is 1. The molecule has 0 radical (unpaired) electrons. The number of carbonyl (C=O) groups excluding carboxylic acids is 1. The number of aryl methyl sites for hydroxylation is 2. The molecule has 37 heavy (non-hydrogen) atoms. The van der Waals surface area contributed by atoms with Crippen LogP contribution in [0.2, 0.25) is 0 Å². The Balaban J connectivity index is 1.39. The lowest BCUT2D eigenvalue weighted by atomic mass is 9.72. The number of halogens is 2. The van der Waals surface area contributed by atoms with E-state index in [1.807, 2.05) is 0 Å². The summed E-state index contributed by atoms with van der Waals surface area (Å²) in [6.45, 7) is 8.39. The maximum atomic E-state index is 13.7. The molecule has 0 unspecified atom stereocenters. The summed E-state index contributed by atoms with van der Waals surface area (Å²) in [5, 5.41) is 4.55. The summed E-state index contributed by atoms with van der Waals surface area (Å²) < 4.78 is 29.6. The number of hydrogen-bond acceptors (Lipinski definition) is 6. The number of amides is 1. The number of nitrogens with zero attached hydrogens (tertiary/aromatic N) is 5. The fourth-order valence-electron chi connectivity index (χ4n) is 5.27. The highest BCUT2D eigenvalue weighted by Gasteiger charge is 2.33. The van der Waals surface area contributed by atoms with Crippen molar-refractivity contribution in [1.82, 2.24) is 24.3 Å². The molecule has 1 amide bonds. The second-order valence-corrected chi connectivity index (χ2v) is 12.3. The molecule has 0 aromatic carbocycles. The lowest BCUT2D eigenvalue weighted by Crippen LogP contribution is -2.35. The van der Waals surface area contributed by atoms with Crippen LogP contribution < -0.4 is 11.0 Å². The summed E-state index contributed by atoms with van der Waals surface area (Å²) in [5.74, 6) is 0.331. The van der Waals surface area contributed by atoms with Crippen LogP contribution in [0.3, 0.4) is 0 Å². The van der Waals surface area contributed by atoms with E-state index in [0.717, 1.165) is 46.9 Å². The number of carbonyl (C=O) groups is 1. The average Bonchev–Trinajstić information content (AvgIpc) is 3.49. The number of fused-ring (bicyclic) bond motifs is 4. The minimum atomic E-state index is -2.77. The normalized spacial score (nSPS) is 18.1. The van der Waals surface area contributed by atoms with Crippen LogP contribution in [0.15, 0.2) is 17.1 Å². The van der Waals surface area contributed by atoms with Gasteiger partial charge in [0.2, 0.25) is 0 Å². The molecule has 6 rings (SSSR count). The first-order valence-corrected chi connectivity index (χ1v) is 13.4. The molecule has 0 spiro atoms. The first kappa shape index (κ1) is 24.1. The summed E-state index contributed by atoms with van der Waals surface area (Å²) in [6, 6.07) is 1.36. The first-order chi connectivity index (χ1) is 17.5. The molecule has 0 aliphatic heterocycles. The van der Waals surface area contributed by atoms with E-state index in [-0.39, 0.29) is 33.8 Å². The molecule has 1 saturated carbocycles. The molecule has 8 nitrogen and oxygen atoms in total. The van der Waals surface area contributed by atoms with E-state index in [4.69, 9.17) is 0 Å². The predicted molar refractivity (Wildman–Crippen MR) is 137 cm³/mol. The van der Waals surface area contributed by atoms with Gasteiger partial charge in [-0.3, -0.25) is 15.0 Å². The maximum absolute atomic E-state index is 13.7. The van der Waals surface area contributed by atoms with Gasteiger partial charge in [0, 0.05) is 16.5 Å². The number of thiophene rings is 1. The predicted octanol–water partition coefficient (Wildman–Crippen LogP) is 5.16. The molecule has 1 N–H and O–H groups in total. The highest BCUT2D eigenvalue weighted by atomic mass is 32.1. The van der Waals surface area contributed by atoms with Gasteiger partial charge in [-0.25, -0.2) is 27.9 Å². The van der Waals surface area contributed by atoms with Gasteiger partial charge in [0.05, 0.1) is 11.6 Å². The van der Waals surface area contributed by atoms with E-state index in [2.05, 4.69) is 41.3 Å². The molecular weight excluding hydrogens is 498 g/mol. The molecule has 1 fully saturated rings. The fraction of sp³-hybridized carbons (Fsp3) is 0.500. The van der Waals surface area contributed by atoms with Gasteiger partial charge < -0.3 is 0 Å². The number of hydrogen-bond donors (Lipinski definition) is 1. The van der Waals surface area contributed by atoms with Crippen LogP contribution in [0.5, 0.6) is 0 Å². The van der Waals surface area contributed by atoms with Gasteiger partial charge in [-0.05, 0) is 62.0 Å². The van der Waals surface area contributed by atoms with Crippen LogP contribution >= 0.6 is 11.3 Å². The molecule has 4 heterocycles. The minimum Gasteiger partial charge on any atom is -0.267 e. The zero-order valence-electron chi connectivity index (χ0n) is 21.1. The van der Waals surface area contributed by atoms with Crippen molar-refractivity contribution in [3.05, 3.63) is 55.8 Å². The van der Waals surface area contributed by atoms with Crippen LogP contribution in [-0.2, 0) is 12.8 Å². The highest BCUT2D eigenvalue weighted by molar-refractivity contribution is 7.18. The van der Waals surface area contributed by atoms with Crippen LogP contribution in [-0.4, -0.2) is 30.2 Å². The summed E-state index contributed by atoms with van der Waals surface area (Å²) in [5.41, 5.74) is 3.81. The fourth-order valence-corrected chi connectivity index (χ4v) is 6.60. The molecule has 0 bridgehead atoms. The summed E-state index contributed by atoms with van der Waals surface area (Å²) >= 11 is 1.56. The average molecular weight is 527 g/mol. The van der Waals surface area contributed by atoms with Gasteiger partial charge in [-0.15, -0.1) is 11.3 Å². The smallest absolute Gasteiger partial charge is 0.267 e. The standard InChI is InChI=1S/C26H28F2N6O2S/c1-12-30-24-20(15-8-7-14(26(2,3)4)9-19(15)37-24)25(36)33(12)32-23(35)16-11-29-34-18(21(27)28)10-17(13-5-6-13)31-22(16)34/h10-11,13-14,21H,5-9H2,1-4H3,(H,32,35)/t14-/m0/s1. The Morgan fingerprint density at radius 1 is 1.22 bits per heavy atom. The van der Waals surface area contributed by atoms with Gasteiger partial charge in [-0.2, -0.15) is 5.10 Å². The van der Waals surface area contributed by atoms with E-state index < -0.39 is 12.3 Å². The Morgan fingerprint density at radius 2 is 1.97 bits per heavy atom. The first-order valence-electron chi connectivity index (χ1n) is 12.5. The summed E-state index contributed by atoms with van der Waals surface area (Å²) in [7, 11) is 0. The van der Waals surface area contributed by atoms with Crippen molar-refractivity contribution in [2.45, 2.75) is 72.1 Å². The van der Waals surface area contributed by atoms with Crippen molar-refractivity contribution in [2.24, 2.45) is 11.3 Å². The van der Waals surface area contributed by atoms with Crippen LogP contribution in [0.1, 0.15) is 90.4 Å². The Morgan fingerprint density at radius 3 is 2.65 bits per heavy atom. The molecule has 2 aliphatic rings. The number of rotatable bonds is 4. The van der Waals surface area contributed by atoms with Gasteiger partial charge >= 0.3 is 0 Å². The Labute approximate surface area is 215 Å². The van der Waals surface area contributed by atoms with Crippen molar-refractivity contribution in [3.8, 4) is 0 Å². The van der Waals surface area contributed by atoms with E-state index in [0.29, 0.717) is 27.7 Å². The maximum Gasteiger partial charge on any atom is 0.281 e. The SMILES string of the molecule is Cc1nc2sc3c(c2c(=O)n1NC(=O)c1cnn2c(C(F)F)cc(C4CC4)nc12)CC[C@H](C(C)(C)C)C3. The summed E-state index contributed by atoms with van der Waals surface area (Å²) in [4.78, 5) is 37.9. The minimum absolute atomic E-state index is 0.0242. The lowest BCUT2D eigenvalue weighted by molar-refractivity contribution is 0.101. The van der Waals surface area contributed by atoms with E-state index in [9.17, 15) is 18.4 Å². The molecule has 194 valence electrons. The zero-order valence-corrected chi connectivity index (χ0v) is 22.0. The third-order valence-corrected chi connectivity index (χ3v) is 8.82. The molecule has 11 heteroatoms. The molecule has 0 saturated heterocycles. The van der Waals surface area contributed by atoms with E-state index in [1.54, 1.807) is 18.3 Å². The monoisotopic (exact) mass is 526 g/mol. The largest absolute Gasteiger partial charge is 0.281 e. The van der Waals surface area contributed by atoms with Gasteiger partial charge in [0.15, 0.2) is 5.65 Å². The van der Waals surface area contributed by atoms with Gasteiger partial charge in [0.1, 0.15) is 21.9 Å². The van der Waals surface area contributed by atoms with Crippen molar-refractivity contribution >= 4 is 33.1 Å². The van der Waals surface area contributed by atoms with E-state index in [1.165, 1.54) is 17.1 Å². The van der Waals surface area contributed by atoms with Crippen molar-refractivity contribution < 1.29 is 13.6 Å². The summed E-state index contributed by atoms with van der Waals surface area (Å²) in [6.07, 6.45) is 2.90. The molecule has 2 aliphatic carbocycles. The Kier molecular flexibility index (Phi) is 5.48. The lowest BCUT2D eigenvalue weighted by Gasteiger charge is -2.33. The van der Waals surface area contributed by atoms with Crippen LogP contribution in [0.25, 0.3) is 15.9 Å². The van der Waals surface area contributed by atoms with Gasteiger partial charge in [0.25, 0.3) is 17.9 Å². The van der Waals surface area contributed by atoms with Crippen molar-refractivity contribution in [1.29, 1.82) is 0 Å². The molecule has 4 aromatic rings. The van der Waals surface area contributed by atoms with Crippen molar-refractivity contribution in [2.75, 3.05) is 5.43 Å².